The van der Waals surface area contributed by atoms with Gasteiger partial charge in [0.25, 0.3) is 0 Å². The van der Waals surface area contributed by atoms with Crippen molar-refractivity contribution in [3.8, 4) is 17.8 Å². The van der Waals surface area contributed by atoms with Crippen LogP contribution in [-0.4, -0.2) is 21.6 Å². The number of hydrogen-bond donors (Lipinski definition) is 0. The Morgan fingerprint density at radius 2 is 1.95 bits per heavy atom. The van der Waals surface area contributed by atoms with Crippen molar-refractivity contribution in [2.45, 2.75) is 20.3 Å². The fourth-order valence-electron chi connectivity index (χ4n) is 1.40. The van der Waals surface area contributed by atoms with Gasteiger partial charge in [0.2, 0.25) is 5.28 Å². The van der Waals surface area contributed by atoms with Gasteiger partial charge in [0, 0.05) is 4.47 Å². The van der Waals surface area contributed by atoms with E-state index in [-0.39, 0.29) is 17.3 Å². The zero-order valence-electron chi connectivity index (χ0n) is 11.1. The Balaban J connectivity index is 2.24. The van der Waals surface area contributed by atoms with Crippen molar-refractivity contribution in [3.05, 3.63) is 33.5 Å². The van der Waals surface area contributed by atoms with Crippen LogP contribution in [0.15, 0.2) is 22.7 Å². The number of hydrogen-bond acceptors (Lipinski definition) is 5. The summed E-state index contributed by atoms with van der Waals surface area (Å²) in [6.45, 7) is 4.43. The van der Waals surface area contributed by atoms with Crippen molar-refractivity contribution in [1.29, 1.82) is 0 Å². The van der Waals surface area contributed by atoms with Crippen LogP contribution < -0.4 is 9.47 Å². The lowest BCUT2D eigenvalue weighted by Gasteiger charge is -2.08. The summed E-state index contributed by atoms with van der Waals surface area (Å²) in [6, 6.07) is 5.96. The summed E-state index contributed by atoms with van der Waals surface area (Å²) in [6.07, 6.45) is 0.851. The van der Waals surface area contributed by atoms with E-state index >= 15 is 0 Å². The lowest BCUT2D eigenvalue weighted by molar-refractivity contribution is 0.284. The zero-order chi connectivity index (χ0) is 14.5. The fourth-order valence-corrected chi connectivity index (χ4v) is 1.89. The van der Waals surface area contributed by atoms with Gasteiger partial charge < -0.3 is 9.47 Å². The minimum atomic E-state index is 0.0359. The molecule has 2 rings (SSSR count). The van der Waals surface area contributed by atoms with Gasteiger partial charge in [0.15, 0.2) is 0 Å². The molecule has 1 aromatic heterocycles. The highest BCUT2D eigenvalue weighted by Gasteiger charge is 2.10. The van der Waals surface area contributed by atoms with Crippen LogP contribution in [0, 0.1) is 6.92 Å². The van der Waals surface area contributed by atoms with Gasteiger partial charge in [0.1, 0.15) is 5.75 Å². The second-order valence-electron chi connectivity index (χ2n) is 4.03. The summed E-state index contributed by atoms with van der Waals surface area (Å²) in [5.41, 5.74) is 0.959. The molecule has 0 atom stereocenters. The van der Waals surface area contributed by atoms with Crippen LogP contribution in [0.1, 0.15) is 18.9 Å². The van der Waals surface area contributed by atoms with Crippen molar-refractivity contribution in [2.75, 3.05) is 6.61 Å². The standard InChI is InChI=1S/C13H13BrClN3O2/c1-3-6-19-12-16-11(15)17-13(18-12)20-10-7-9(14)5-4-8(10)2/h4-5,7H,3,6H2,1-2H3. The van der Waals surface area contributed by atoms with Crippen molar-refractivity contribution < 1.29 is 9.47 Å². The molecule has 0 aliphatic rings. The molecule has 106 valence electrons. The van der Waals surface area contributed by atoms with Gasteiger partial charge in [-0.25, -0.2) is 0 Å². The number of aromatic nitrogens is 3. The molecule has 2 aromatic rings. The maximum absolute atomic E-state index is 5.83. The number of rotatable bonds is 5. The molecule has 0 amide bonds. The van der Waals surface area contributed by atoms with Gasteiger partial charge in [-0.15, -0.1) is 4.98 Å². The van der Waals surface area contributed by atoms with Crippen LogP contribution in [0.4, 0.5) is 0 Å². The zero-order valence-corrected chi connectivity index (χ0v) is 13.4. The number of ether oxygens (including phenoxy) is 2. The molecule has 0 spiro atoms. The molecule has 0 aliphatic heterocycles. The third-order valence-corrected chi connectivity index (χ3v) is 3.02. The summed E-state index contributed by atoms with van der Waals surface area (Å²) in [5.74, 6) is 0.642. The van der Waals surface area contributed by atoms with E-state index in [1.165, 1.54) is 0 Å². The molecule has 0 saturated carbocycles. The second kappa shape index (κ2) is 6.85. The largest absolute Gasteiger partial charge is 0.463 e. The Kier molecular flexibility index (Phi) is 5.14. The van der Waals surface area contributed by atoms with E-state index in [2.05, 4.69) is 30.9 Å². The molecule has 7 heteroatoms. The number of benzene rings is 1. The monoisotopic (exact) mass is 357 g/mol. The number of halogens is 2. The van der Waals surface area contributed by atoms with E-state index in [9.17, 15) is 0 Å². The predicted octanol–water partition coefficient (Wildman–Crippen LogP) is 4.18. The van der Waals surface area contributed by atoms with Crippen molar-refractivity contribution in [3.63, 3.8) is 0 Å². The lowest BCUT2D eigenvalue weighted by Crippen LogP contribution is -2.03. The molecule has 0 N–H and O–H groups in total. The van der Waals surface area contributed by atoms with E-state index in [4.69, 9.17) is 21.1 Å². The van der Waals surface area contributed by atoms with E-state index in [0.717, 1.165) is 16.5 Å². The van der Waals surface area contributed by atoms with Gasteiger partial charge in [-0.05, 0) is 42.6 Å². The van der Waals surface area contributed by atoms with Crippen LogP contribution in [0.2, 0.25) is 5.28 Å². The molecule has 0 fully saturated rings. The van der Waals surface area contributed by atoms with E-state index in [1.54, 1.807) is 0 Å². The van der Waals surface area contributed by atoms with Gasteiger partial charge in [-0.1, -0.05) is 28.9 Å². The van der Waals surface area contributed by atoms with Crippen LogP contribution >= 0.6 is 27.5 Å². The summed E-state index contributed by atoms with van der Waals surface area (Å²) in [5, 5.41) is 0.0359. The van der Waals surface area contributed by atoms with Gasteiger partial charge in [-0.2, -0.15) is 9.97 Å². The topological polar surface area (TPSA) is 57.1 Å². The predicted molar refractivity (Wildman–Crippen MR) is 79.6 cm³/mol. The van der Waals surface area contributed by atoms with Crippen LogP contribution in [0.5, 0.6) is 17.8 Å². The first-order chi connectivity index (χ1) is 9.58. The van der Waals surface area contributed by atoms with E-state index in [0.29, 0.717) is 12.4 Å². The molecular formula is C13H13BrClN3O2. The van der Waals surface area contributed by atoms with Crippen molar-refractivity contribution in [1.82, 2.24) is 15.0 Å². The Bertz CT molecular complexity index is 610. The molecule has 0 bridgehead atoms. The van der Waals surface area contributed by atoms with Crippen molar-refractivity contribution in [2.24, 2.45) is 0 Å². The molecule has 1 aromatic carbocycles. The van der Waals surface area contributed by atoms with Gasteiger partial charge >= 0.3 is 12.0 Å². The molecule has 5 nitrogen and oxygen atoms in total. The molecule has 0 aliphatic carbocycles. The van der Waals surface area contributed by atoms with Gasteiger partial charge in [-0.3, -0.25) is 0 Å². The third-order valence-electron chi connectivity index (χ3n) is 2.35. The quantitative estimate of drug-likeness (QED) is 0.802. The minimum Gasteiger partial charge on any atom is -0.463 e. The second-order valence-corrected chi connectivity index (χ2v) is 5.28. The lowest BCUT2D eigenvalue weighted by atomic mass is 10.2. The summed E-state index contributed by atoms with van der Waals surface area (Å²) < 4.78 is 11.9. The van der Waals surface area contributed by atoms with Crippen molar-refractivity contribution >= 4 is 27.5 Å². The number of aryl methyl sites for hydroxylation is 1. The molecule has 20 heavy (non-hydrogen) atoms. The maximum Gasteiger partial charge on any atom is 0.329 e. The highest BCUT2D eigenvalue weighted by molar-refractivity contribution is 9.10. The minimum absolute atomic E-state index is 0.0359. The number of nitrogens with zero attached hydrogens (tertiary/aromatic N) is 3. The molecule has 0 radical (unpaired) electrons. The first-order valence-corrected chi connectivity index (χ1v) is 7.24. The van der Waals surface area contributed by atoms with Crippen LogP contribution in [0.25, 0.3) is 0 Å². The summed E-state index contributed by atoms with van der Waals surface area (Å²) in [7, 11) is 0. The summed E-state index contributed by atoms with van der Waals surface area (Å²) in [4.78, 5) is 11.9. The summed E-state index contributed by atoms with van der Waals surface area (Å²) >= 11 is 9.22. The molecule has 1 heterocycles. The maximum atomic E-state index is 5.83. The fraction of sp³-hybridized carbons (Fsp3) is 0.308. The molecule has 0 saturated heterocycles. The molecular weight excluding hydrogens is 346 g/mol. The Morgan fingerprint density at radius 1 is 1.20 bits per heavy atom. The first-order valence-electron chi connectivity index (χ1n) is 6.07. The SMILES string of the molecule is CCCOc1nc(Cl)nc(Oc2cc(Br)ccc2C)n1. The first kappa shape index (κ1) is 15.0. The van der Waals surface area contributed by atoms with E-state index in [1.807, 2.05) is 32.0 Å². The highest BCUT2D eigenvalue weighted by atomic mass is 79.9. The van der Waals surface area contributed by atoms with E-state index < -0.39 is 0 Å². The van der Waals surface area contributed by atoms with Crippen LogP contribution in [-0.2, 0) is 0 Å². The Morgan fingerprint density at radius 3 is 2.70 bits per heavy atom. The average molecular weight is 359 g/mol. The van der Waals surface area contributed by atoms with Gasteiger partial charge in [0.05, 0.1) is 6.61 Å². The Labute approximate surface area is 130 Å². The molecule has 0 unspecified atom stereocenters. The normalized spacial score (nSPS) is 10.4. The Hall–Kier alpha value is -1.40. The smallest absolute Gasteiger partial charge is 0.329 e. The van der Waals surface area contributed by atoms with Crippen LogP contribution in [0.3, 0.4) is 0 Å². The highest BCUT2D eigenvalue weighted by Crippen LogP contribution is 2.27. The third kappa shape index (κ3) is 4.05. The average Bonchev–Trinajstić information content (AvgIpc) is 2.40.